The largest absolute Gasteiger partial charge is 0.465 e. The Morgan fingerprint density at radius 3 is 3.12 bits per heavy atom. The highest BCUT2D eigenvalue weighted by Crippen LogP contribution is 2.20. The summed E-state index contributed by atoms with van der Waals surface area (Å²) in [7, 11) is 1.76. The number of nitrogens with one attached hydrogen (secondary N) is 1. The second-order valence-electron chi connectivity index (χ2n) is 2.94. The average molecular weight is 261 g/mol. The van der Waals surface area contributed by atoms with Crippen molar-refractivity contribution < 1.29 is 9.53 Å². The van der Waals surface area contributed by atoms with Crippen LogP contribution in [0.4, 0.5) is 0 Å². The summed E-state index contributed by atoms with van der Waals surface area (Å²) in [6, 6.07) is -0.236. The molecule has 0 saturated heterocycles. The van der Waals surface area contributed by atoms with Crippen LogP contribution in [-0.4, -0.2) is 41.6 Å². The van der Waals surface area contributed by atoms with Gasteiger partial charge in [0, 0.05) is 5.75 Å². The molecule has 5 nitrogen and oxygen atoms in total. The molecule has 1 rings (SSSR count). The minimum Gasteiger partial charge on any atom is -0.465 e. The highest BCUT2D eigenvalue weighted by Gasteiger charge is 2.17. The first kappa shape index (κ1) is 13.4. The molecule has 0 aliphatic carbocycles. The first-order valence-electron chi connectivity index (χ1n) is 5.00. The summed E-state index contributed by atoms with van der Waals surface area (Å²) in [6.45, 7) is 2.22. The molecule has 0 radical (unpaired) electrons. The van der Waals surface area contributed by atoms with Gasteiger partial charge in [0.25, 0.3) is 0 Å². The van der Waals surface area contributed by atoms with E-state index in [1.54, 1.807) is 31.2 Å². The molecule has 0 fully saturated rings. The Morgan fingerprint density at radius 2 is 2.56 bits per heavy atom. The van der Waals surface area contributed by atoms with Crippen molar-refractivity contribution >= 4 is 29.1 Å². The Hall–Kier alpha value is -0.660. The van der Waals surface area contributed by atoms with E-state index < -0.39 is 0 Å². The van der Waals surface area contributed by atoms with E-state index in [2.05, 4.69) is 15.5 Å². The Morgan fingerprint density at radius 1 is 1.75 bits per heavy atom. The fourth-order valence-electron chi connectivity index (χ4n) is 1.11. The molecule has 0 saturated carbocycles. The van der Waals surface area contributed by atoms with Crippen molar-refractivity contribution in [2.24, 2.45) is 0 Å². The summed E-state index contributed by atoms with van der Waals surface area (Å²) < 4.78 is 5.88. The molecule has 1 heterocycles. The van der Waals surface area contributed by atoms with Crippen LogP contribution in [0.5, 0.6) is 0 Å². The molecule has 0 spiro atoms. The van der Waals surface area contributed by atoms with Crippen molar-refractivity contribution in [3.8, 4) is 0 Å². The smallest absolute Gasteiger partial charge is 0.323 e. The van der Waals surface area contributed by atoms with E-state index in [9.17, 15) is 4.79 Å². The zero-order chi connectivity index (χ0) is 11.8. The van der Waals surface area contributed by atoms with Crippen LogP contribution in [-0.2, 0) is 9.53 Å². The van der Waals surface area contributed by atoms with Crippen LogP contribution in [0.3, 0.4) is 0 Å². The fourth-order valence-corrected chi connectivity index (χ4v) is 2.68. The first-order chi connectivity index (χ1) is 7.77. The molecule has 0 aromatic carbocycles. The lowest BCUT2D eigenvalue weighted by molar-refractivity contribution is -0.145. The van der Waals surface area contributed by atoms with Crippen molar-refractivity contribution in [1.82, 2.24) is 15.5 Å². The lowest BCUT2D eigenvalue weighted by Gasteiger charge is -2.13. The number of thioether (sulfide) groups is 1. The molecule has 1 N–H and O–H groups in total. The normalized spacial score (nSPS) is 12.4. The number of hydrogen-bond acceptors (Lipinski definition) is 7. The number of carbonyl (C=O) groups excluding carboxylic acids is 1. The predicted molar refractivity (Wildman–Crippen MR) is 64.7 cm³/mol. The van der Waals surface area contributed by atoms with E-state index >= 15 is 0 Å². The highest BCUT2D eigenvalue weighted by molar-refractivity contribution is 8.00. The minimum absolute atomic E-state index is 0.192. The molecule has 90 valence electrons. The van der Waals surface area contributed by atoms with Crippen LogP contribution in [0.2, 0.25) is 0 Å². The van der Waals surface area contributed by atoms with Gasteiger partial charge in [-0.25, -0.2) is 0 Å². The van der Waals surface area contributed by atoms with Crippen molar-refractivity contribution in [2.45, 2.75) is 23.7 Å². The maximum Gasteiger partial charge on any atom is 0.323 e. The van der Waals surface area contributed by atoms with Crippen LogP contribution < -0.4 is 5.32 Å². The molecular formula is C9H15N3O2S2. The van der Waals surface area contributed by atoms with Gasteiger partial charge in [-0.05, 0) is 20.4 Å². The minimum atomic E-state index is -0.236. The number of nitrogens with zero attached hydrogens (tertiary/aromatic N) is 2. The van der Waals surface area contributed by atoms with Crippen molar-refractivity contribution in [2.75, 3.05) is 19.4 Å². The van der Waals surface area contributed by atoms with Gasteiger partial charge in [-0.2, -0.15) is 0 Å². The summed E-state index contributed by atoms with van der Waals surface area (Å²) in [4.78, 5) is 11.4. The van der Waals surface area contributed by atoms with Gasteiger partial charge in [0.2, 0.25) is 0 Å². The number of aromatic nitrogens is 2. The van der Waals surface area contributed by atoms with E-state index in [-0.39, 0.29) is 12.0 Å². The quantitative estimate of drug-likeness (QED) is 0.587. The van der Waals surface area contributed by atoms with Gasteiger partial charge in [-0.1, -0.05) is 23.1 Å². The second-order valence-corrected chi connectivity index (χ2v) is 5.11. The summed E-state index contributed by atoms with van der Waals surface area (Å²) in [5.41, 5.74) is 1.70. The van der Waals surface area contributed by atoms with Gasteiger partial charge < -0.3 is 10.1 Å². The van der Waals surface area contributed by atoms with E-state index in [0.717, 1.165) is 16.5 Å². The van der Waals surface area contributed by atoms with Crippen LogP contribution in [0.15, 0.2) is 9.85 Å². The lowest BCUT2D eigenvalue weighted by atomic mass is 10.2. The third-order valence-corrected chi connectivity index (χ3v) is 3.79. The summed E-state index contributed by atoms with van der Waals surface area (Å²) in [6.07, 6.45) is 0.722. The molecule has 0 amide bonds. The van der Waals surface area contributed by atoms with Crippen LogP contribution in [0.1, 0.15) is 13.3 Å². The van der Waals surface area contributed by atoms with Gasteiger partial charge >= 0.3 is 5.97 Å². The second kappa shape index (κ2) is 7.59. The molecule has 7 heteroatoms. The van der Waals surface area contributed by atoms with Gasteiger partial charge in [0.1, 0.15) is 11.6 Å². The SMILES string of the molecule is CCOC(=O)C(CCSc1nncs1)NC. The number of likely N-dealkylation sites (N-methyl/N-ethyl adjacent to an activating group) is 1. The third-order valence-electron chi connectivity index (χ3n) is 1.89. The summed E-state index contributed by atoms with van der Waals surface area (Å²) in [5.74, 6) is 0.627. The Labute approximate surface area is 103 Å². The Balaban J connectivity index is 2.26. The topological polar surface area (TPSA) is 64.1 Å². The third kappa shape index (κ3) is 4.46. The molecular weight excluding hydrogens is 246 g/mol. The molecule has 0 aliphatic heterocycles. The number of hydrogen-bond donors (Lipinski definition) is 1. The molecule has 1 atom stereocenters. The first-order valence-corrected chi connectivity index (χ1v) is 6.87. The van der Waals surface area contributed by atoms with Gasteiger partial charge in [-0.15, -0.1) is 10.2 Å². The highest BCUT2D eigenvalue weighted by atomic mass is 32.2. The van der Waals surface area contributed by atoms with Crippen LogP contribution in [0.25, 0.3) is 0 Å². The zero-order valence-corrected chi connectivity index (χ0v) is 10.9. The molecule has 1 aromatic rings. The van der Waals surface area contributed by atoms with E-state index in [0.29, 0.717) is 6.61 Å². The van der Waals surface area contributed by atoms with Gasteiger partial charge in [0.05, 0.1) is 6.61 Å². The molecule has 16 heavy (non-hydrogen) atoms. The molecule has 1 aromatic heterocycles. The molecule has 0 aliphatic rings. The summed E-state index contributed by atoms with van der Waals surface area (Å²) in [5, 5.41) is 10.6. The lowest BCUT2D eigenvalue weighted by Crippen LogP contribution is -2.36. The fraction of sp³-hybridized carbons (Fsp3) is 0.667. The Kier molecular flexibility index (Phi) is 6.36. The number of rotatable bonds is 7. The average Bonchev–Trinajstić information content (AvgIpc) is 2.77. The van der Waals surface area contributed by atoms with Crippen molar-refractivity contribution in [3.05, 3.63) is 5.51 Å². The van der Waals surface area contributed by atoms with Crippen LogP contribution in [0, 0.1) is 0 Å². The number of ether oxygens (including phenoxy) is 1. The summed E-state index contributed by atoms with van der Waals surface area (Å²) >= 11 is 3.11. The predicted octanol–water partition coefficient (Wildman–Crippen LogP) is 1.17. The number of carbonyl (C=O) groups is 1. The molecule has 0 bridgehead atoms. The van der Waals surface area contributed by atoms with E-state index in [1.165, 1.54) is 11.3 Å². The van der Waals surface area contributed by atoms with Crippen molar-refractivity contribution in [1.29, 1.82) is 0 Å². The van der Waals surface area contributed by atoms with Gasteiger partial charge in [0.15, 0.2) is 4.34 Å². The van der Waals surface area contributed by atoms with Gasteiger partial charge in [-0.3, -0.25) is 4.79 Å². The maximum absolute atomic E-state index is 11.4. The van der Waals surface area contributed by atoms with E-state index in [1.807, 2.05) is 0 Å². The maximum atomic E-state index is 11.4. The number of esters is 1. The molecule has 1 unspecified atom stereocenters. The van der Waals surface area contributed by atoms with Crippen molar-refractivity contribution in [3.63, 3.8) is 0 Å². The van der Waals surface area contributed by atoms with Crippen LogP contribution >= 0.6 is 23.1 Å². The standard InChI is InChI=1S/C9H15N3O2S2/c1-3-14-8(13)7(10-2)4-5-15-9-12-11-6-16-9/h6-7,10H,3-5H2,1-2H3. The van der Waals surface area contributed by atoms with E-state index in [4.69, 9.17) is 4.74 Å². The monoisotopic (exact) mass is 261 g/mol. The Bertz CT molecular complexity index is 306. The zero-order valence-electron chi connectivity index (χ0n) is 9.30.